The van der Waals surface area contributed by atoms with E-state index in [1.807, 2.05) is 0 Å². The SMILES string of the molecule is COc1cccc(C(=O)Nc2nc3c(s2)C(=O)NCCC3)c1OC. The first-order valence-electron chi connectivity index (χ1n) is 7.44. The lowest BCUT2D eigenvalue weighted by Gasteiger charge is -2.11. The van der Waals surface area contributed by atoms with Crippen LogP contribution >= 0.6 is 11.3 Å². The Morgan fingerprint density at radius 2 is 2.17 bits per heavy atom. The molecule has 0 radical (unpaired) electrons. The Kier molecular flexibility index (Phi) is 4.66. The second kappa shape index (κ2) is 6.88. The Bertz CT molecular complexity index is 788. The summed E-state index contributed by atoms with van der Waals surface area (Å²) >= 11 is 1.18. The van der Waals surface area contributed by atoms with Gasteiger partial charge in [0, 0.05) is 6.54 Å². The number of anilines is 1. The lowest BCUT2D eigenvalue weighted by atomic mass is 10.1. The largest absolute Gasteiger partial charge is 0.493 e. The van der Waals surface area contributed by atoms with Crippen molar-refractivity contribution in [2.45, 2.75) is 12.8 Å². The summed E-state index contributed by atoms with van der Waals surface area (Å²) in [6, 6.07) is 5.06. The van der Waals surface area contributed by atoms with E-state index in [1.54, 1.807) is 18.2 Å². The van der Waals surface area contributed by atoms with E-state index < -0.39 is 0 Å². The van der Waals surface area contributed by atoms with Crippen LogP contribution in [0.4, 0.5) is 5.13 Å². The van der Waals surface area contributed by atoms with Crippen LogP contribution in [0, 0.1) is 0 Å². The number of amides is 2. The molecule has 8 heteroatoms. The predicted molar refractivity (Wildman–Crippen MR) is 90.3 cm³/mol. The fourth-order valence-corrected chi connectivity index (χ4v) is 3.44. The lowest BCUT2D eigenvalue weighted by Crippen LogP contribution is -2.21. The number of carbonyl (C=O) groups excluding carboxylic acids is 2. The zero-order chi connectivity index (χ0) is 17.1. The van der Waals surface area contributed by atoms with Crippen molar-refractivity contribution in [2.24, 2.45) is 0 Å². The number of methoxy groups -OCH3 is 2. The summed E-state index contributed by atoms with van der Waals surface area (Å²) in [5.74, 6) is 0.322. The number of aryl methyl sites for hydroxylation is 1. The highest BCUT2D eigenvalue weighted by Crippen LogP contribution is 2.32. The summed E-state index contributed by atoms with van der Waals surface area (Å²) in [7, 11) is 2.99. The summed E-state index contributed by atoms with van der Waals surface area (Å²) in [5, 5.41) is 5.95. The molecule has 0 unspecified atom stereocenters. The second-order valence-corrected chi connectivity index (χ2v) is 6.15. The number of fused-ring (bicyclic) bond motifs is 1. The third-order valence-electron chi connectivity index (χ3n) is 3.65. The normalized spacial score (nSPS) is 13.5. The molecule has 24 heavy (non-hydrogen) atoms. The molecule has 0 bridgehead atoms. The van der Waals surface area contributed by atoms with Gasteiger partial charge < -0.3 is 14.8 Å². The molecule has 1 aliphatic heterocycles. The van der Waals surface area contributed by atoms with Crippen molar-refractivity contribution in [3.05, 3.63) is 34.3 Å². The van der Waals surface area contributed by atoms with E-state index >= 15 is 0 Å². The van der Waals surface area contributed by atoms with Gasteiger partial charge in [-0.1, -0.05) is 17.4 Å². The van der Waals surface area contributed by atoms with E-state index in [-0.39, 0.29) is 11.8 Å². The van der Waals surface area contributed by atoms with Crippen LogP contribution in [0.25, 0.3) is 0 Å². The minimum atomic E-state index is -0.366. The molecular weight excluding hydrogens is 330 g/mol. The van der Waals surface area contributed by atoms with Crippen molar-refractivity contribution in [1.29, 1.82) is 0 Å². The van der Waals surface area contributed by atoms with Gasteiger partial charge in [0.2, 0.25) is 0 Å². The van der Waals surface area contributed by atoms with Gasteiger partial charge in [-0.05, 0) is 25.0 Å². The van der Waals surface area contributed by atoms with Crippen molar-refractivity contribution in [3.8, 4) is 11.5 Å². The lowest BCUT2D eigenvalue weighted by molar-refractivity contribution is 0.0958. The Balaban J connectivity index is 1.86. The van der Waals surface area contributed by atoms with Gasteiger partial charge in [-0.3, -0.25) is 14.9 Å². The number of ether oxygens (including phenoxy) is 2. The highest BCUT2D eigenvalue weighted by molar-refractivity contribution is 7.17. The molecule has 0 saturated heterocycles. The number of rotatable bonds is 4. The molecule has 7 nitrogen and oxygen atoms in total. The van der Waals surface area contributed by atoms with Crippen LogP contribution in [-0.4, -0.2) is 37.6 Å². The van der Waals surface area contributed by atoms with E-state index in [0.717, 1.165) is 12.1 Å². The monoisotopic (exact) mass is 347 g/mol. The maximum atomic E-state index is 12.5. The minimum absolute atomic E-state index is 0.139. The van der Waals surface area contributed by atoms with E-state index in [2.05, 4.69) is 15.6 Å². The fourth-order valence-electron chi connectivity index (χ4n) is 2.52. The number of benzene rings is 1. The first-order valence-corrected chi connectivity index (χ1v) is 8.26. The molecule has 0 fully saturated rings. The highest BCUT2D eigenvalue weighted by Gasteiger charge is 2.23. The van der Waals surface area contributed by atoms with Crippen molar-refractivity contribution in [3.63, 3.8) is 0 Å². The number of carbonyl (C=O) groups is 2. The number of hydrogen-bond donors (Lipinski definition) is 2. The number of aromatic nitrogens is 1. The van der Waals surface area contributed by atoms with E-state index in [1.165, 1.54) is 25.6 Å². The zero-order valence-electron chi connectivity index (χ0n) is 13.3. The topological polar surface area (TPSA) is 89.5 Å². The molecule has 0 saturated carbocycles. The van der Waals surface area contributed by atoms with Crippen LogP contribution in [0.2, 0.25) is 0 Å². The third kappa shape index (κ3) is 3.05. The summed E-state index contributed by atoms with van der Waals surface area (Å²) < 4.78 is 10.5. The zero-order valence-corrected chi connectivity index (χ0v) is 14.2. The third-order valence-corrected chi connectivity index (χ3v) is 4.66. The summed E-state index contributed by atoms with van der Waals surface area (Å²) in [6.45, 7) is 0.643. The molecule has 126 valence electrons. The summed E-state index contributed by atoms with van der Waals surface area (Å²) in [6.07, 6.45) is 1.54. The van der Waals surface area contributed by atoms with Gasteiger partial charge in [0.25, 0.3) is 11.8 Å². The van der Waals surface area contributed by atoms with Gasteiger partial charge in [-0.2, -0.15) is 0 Å². The minimum Gasteiger partial charge on any atom is -0.493 e. The predicted octanol–water partition coefficient (Wildman–Crippen LogP) is 2.09. The molecular formula is C16H17N3O4S. The van der Waals surface area contributed by atoms with Gasteiger partial charge in [-0.25, -0.2) is 4.98 Å². The molecule has 0 spiro atoms. The molecule has 2 heterocycles. The van der Waals surface area contributed by atoms with Gasteiger partial charge in [0.1, 0.15) is 4.88 Å². The standard InChI is InChI=1S/C16H17N3O4S/c1-22-11-7-3-5-9(12(11)23-2)14(20)19-16-18-10-6-4-8-17-15(21)13(10)24-16/h3,5,7H,4,6,8H2,1-2H3,(H,17,21)(H,18,19,20). The number of thiazole rings is 1. The quantitative estimate of drug-likeness (QED) is 0.884. The van der Waals surface area contributed by atoms with E-state index in [0.29, 0.717) is 40.0 Å². The number of nitrogens with zero attached hydrogens (tertiary/aromatic N) is 1. The molecule has 1 aromatic carbocycles. The smallest absolute Gasteiger partial charge is 0.263 e. The average molecular weight is 347 g/mol. The van der Waals surface area contributed by atoms with Crippen LogP contribution in [0.3, 0.4) is 0 Å². The van der Waals surface area contributed by atoms with Gasteiger partial charge in [-0.15, -0.1) is 0 Å². The summed E-state index contributed by atoms with van der Waals surface area (Å²) in [4.78, 5) is 29.4. The van der Waals surface area contributed by atoms with E-state index in [9.17, 15) is 9.59 Å². The van der Waals surface area contributed by atoms with Gasteiger partial charge in [0.05, 0.1) is 25.5 Å². The van der Waals surface area contributed by atoms with Crippen molar-refractivity contribution < 1.29 is 19.1 Å². The molecule has 0 aliphatic carbocycles. The molecule has 1 aromatic heterocycles. The molecule has 1 aliphatic rings. The molecule has 0 atom stereocenters. The van der Waals surface area contributed by atoms with Crippen LogP contribution < -0.4 is 20.1 Å². The van der Waals surface area contributed by atoms with E-state index in [4.69, 9.17) is 9.47 Å². The van der Waals surface area contributed by atoms with Crippen LogP contribution in [0.15, 0.2) is 18.2 Å². The fraction of sp³-hybridized carbons (Fsp3) is 0.312. The van der Waals surface area contributed by atoms with Crippen molar-refractivity contribution >= 4 is 28.3 Å². The van der Waals surface area contributed by atoms with Crippen LogP contribution in [-0.2, 0) is 6.42 Å². The van der Waals surface area contributed by atoms with Gasteiger partial charge in [0.15, 0.2) is 16.6 Å². The highest BCUT2D eigenvalue weighted by atomic mass is 32.1. The van der Waals surface area contributed by atoms with Crippen molar-refractivity contribution in [1.82, 2.24) is 10.3 Å². The molecule has 3 rings (SSSR count). The number of nitrogens with one attached hydrogen (secondary N) is 2. The first-order chi connectivity index (χ1) is 11.6. The van der Waals surface area contributed by atoms with Gasteiger partial charge >= 0.3 is 0 Å². The summed E-state index contributed by atoms with van der Waals surface area (Å²) in [5.41, 5.74) is 1.06. The maximum absolute atomic E-state index is 12.5. The number of hydrogen-bond acceptors (Lipinski definition) is 6. The average Bonchev–Trinajstić information content (AvgIpc) is 2.92. The molecule has 2 N–H and O–H groups in total. The molecule has 2 aromatic rings. The molecule has 2 amide bonds. The second-order valence-electron chi connectivity index (χ2n) is 5.15. The Morgan fingerprint density at radius 3 is 2.92 bits per heavy atom. The Morgan fingerprint density at radius 1 is 1.33 bits per heavy atom. The number of para-hydroxylation sites is 1. The maximum Gasteiger partial charge on any atom is 0.263 e. The first kappa shape index (κ1) is 16.3. The van der Waals surface area contributed by atoms with Crippen LogP contribution in [0.1, 0.15) is 32.1 Å². The van der Waals surface area contributed by atoms with Crippen LogP contribution in [0.5, 0.6) is 11.5 Å². The Labute approximate surface area is 143 Å². The van der Waals surface area contributed by atoms with Crippen molar-refractivity contribution in [2.75, 3.05) is 26.1 Å². The Hall–Kier alpha value is -2.61.